The van der Waals surface area contributed by atoms with Crippen molar-refractivity contribution in [3.05, 3.63) is 34.3 Å². The van der Waals surface area contributed by atoms with Crippen LogP contribution in [0.25, 0.3) is 0 Å². The number of carboxylic acids is 1. The van der Waals surface area contributed by atoms with Gasteiger partial charge in [0.25, 0.3) is 0 Å². The zero-order chi connectivity index (χ0) is 10.0. The van der Waals surface area contributed by atoms with Crippen LogP contribution in [-0.2, 0) is 0 Å². The van der Waals surface area contributed by atoms with Crippen LogP contribution in [0.1, 0.15) is 20.8 Å². The summed E-state index contributed by atoms with van der Waals surface area (Å²) in [6.07, 6.45) is 0. The SMILES string of the molecule is O=C(O)c1cc(Cl)ccc1C(Cl)Cl. The highest BCUT2D eigenvalue weighted by atomic mass is 35.5. The van der Waals surface area contributed by atoms with Crippen molar-refractivity contribution >= 4 is 40.8 Å². The number of alkyl halides is 2. The third-order valence-corrected chi connectivity index (χ3v) is 2.19. The molecule has 1 rings (SSSR count). The Bertz CT molecular complexity index is 336. The van der Waals surface area contributed by atoms with Crippen molar-refractivity contribution in [1.29, 1.82) is 0 Å². The highest BCUT2D eigenvalue weighted by molar-refractivity contribution is 6.44. The van der Waals surface area contributed by atoms with Crippen LogP contribution in [0.4, 0.5) is 0 Å². The predicted molar refractivity (Wildman–Crippen MR) is 52.9 cm³/mol. The Morgan fingerprint density at radius 3 is 2.46 bits per heavy atom. The van der Waals surface area contributed by atoms with E-state index in [9.17, 15) is 4.79 Å². The van der Waals surface area contributed by atoms with E-state index in [4.69, 9.17) is 39.9 Å². The van der Waals surface area contributed by atoms with Crippen molar-refractivity contribution in [1.82, 2.24) is 0 Å². The Balaban J connectivity index is 3.27. The molecule has 1 aromatic carbocycles. The Morgan fingerprint density at radius 2 is 2.00 bits per heavy atom. The van der Waals surface area contributed by atoms with Crippen molar-refractivity contribution in [2.75, 3.05) is 0 Å². The standard InChI is InChI=1S/C8H5Cl3O2/c9-4-1-2-5(7(10)11)6(3-4)8(12)13/h1-3,7H,(H,12,13). The predicted octanol–water partition coefficient (Wildman–Crippen LogP) is 3.51. The van der Waals surface area contributed by atoms with Gasteiger partial charge in [0.2, 0.25) is 0 Å². The number of hydrogen-bond donors (Lipinski definition) is 1. The van der Waals surface area contributed by atoms with Gasteiger partial charge >= 0.3 is 5.97 Å². The normalized spacial score (nSPS) is 10.5. The van der Waals surface area contributed by atoms with Gasteiger partial charge in [0.05, 0.1) is 5.56 Å². The van der Waals surface area contributed by atoms with Gasteiger partial charge in [0.1, 0.15) is 4.84 Å². The molecular weight excluding hydrogens is 234 g/mol. The minimum Gasteiger partial charge on any atom is -0.478 e. The first-order valence-corrected chi connectivity index (χ1v) is 4.58. The summed E-state index contributed by atoms with van der Waals surface area (Å²) in [6, 6.07) is 4.36. The van der Waals surface area contributed by atoms with Gasteiger partial charge in [-0.2, -0.15) is 0 Å². The molecule has 0 spiro atoms. The number of hydrogen-bond acceptors (Lipinski definition) is 1. The Labute approximate surface area is 90.0 Å². The summed E-state index contributed by atoms with van der Waals surface area (Å²) in [5.74, 6) is -1.09. The molecule has 0 radical (unpaired) electrons. The number of benzene rings is 1. The second-order valence-corrected chi connectivity index (χ2v) is 3.87. The van der Waals surface area contributed by atoms with E-state index in [1.807, 2.05) is 0 Å². The van der Waals surface area contributed by atoms with Gasteiger partial charge < -0.3 is 5.11 Å². The second kappa shape index (κ2) is 4.18. The first-order chi connectivity index (χ1) is 6.02. The lowest BCUT2D eigenvalue weighted by atomic mass is 10.1. The molecule has 70 valence electrons. The fraction of sp³-hybridized carbons (Fsp3) is 0.125. The fourth-order valence-corrected chi connectivity index (χ4v) is 1.46. The summed E-state index contributed by atoms with van der Waals surface area (Å²) in [4.78, 5) is 9.84. The number of aromatic carboxylic acids is 1. The van der Waals surface area contributed by atoms with E-state index < -0.39 is 10.8 Å². The van der Waals surface area contributed by atoms with Crippen LogP contribution in [0.3, 0.4) is 0 Å². The Morgan fingerprint density at radius 1 is 1.38 bits per heavy atom. The molecule has 13 heavy (non-hydrogen) atoms. The summed E-state index contributed by atoms with van der Waals surface area (Å²) in [5, 5.41) is 9.11. The molecule has 5 heteroatoms. The lowest BCUT2D eigenvalue weighted by molar-refractivity contribution is 0.0696. The van der Waals surface area contributed by atoms with Crippen molar-refractivity contribution in [2.45, 2.75) is 4.84 Å². The maximum atomic E-state index is 10.7. The van der Waals surface area contributed by atoms with E-state index in [-0.39, 0.29) is 5.56 Å². The fourth-order valence-electron chi connectivity index (χ4n) is 0.904. The lowest BCUT2D eigenvalue weighted by Crippen LogP contribution is -2.01. The van der Waals surface area contributed by atoms with Crippen LogP contribution in [0.2, 0.25) is 5.02 Å². The molecule has 1 aromatic rings. The first-order valence-electron chi connectivity index (χ1n) is 3.33. The summed E-state index contributed by atoms with van der Waals surface area (Å²) in [5.41, 5.74) is 0.378. The van der Waals surface area contributed by atoms with E-state index in [1.165, 1.54) is 12.1 Å². The smallest absolute Gasteiger partial charge is 0.336 e. The molecule has 0 saturated heterocycles. The molecule has 2 nitrogen and oxygen atoms in total. The monoisotopic (exact) mass is 238 g/mol. The van der Waals surface area contributed by atoms with Gasteiger partial charge in [-0.15, -0.1) is 23.2 Å². The molecule has 0 atom stereocenters. The molecule has 0 fully saturated rings. The van der Waals surface area contributed by atoms with Gasteiger partial charge in [-0.3, -0.25) is 0 Å². The molecule has 0 aliphatic carbocycles. The van der Waals surface area contributed by atoms with Crippen LogP contribution in [0, 0.1) is 0 Å². The van der Waals surface area contributed by atoms with Gasteiger partial charge in [0, 0.05) is 5.02 Å². The van der Waals surface area contributed by atoms with Gasteiger partial charge in [0.15, 0.2) is 0 Å². The first kappa shape index (κ1) is 10.6. The molecule has 0 unspecified atom stereocenters. The molecule has 0 amide bonds. The average molecular weight is 239 g/mol. The molecule has 0 saturated carbocycles. The minimum absolute atomic E-state index is 0.0301. The van der Waals surface area contributed by atoms with Crippen molar-refractivity contribution in [3.63, 3.8) is 0 Å². The molecule has 0 aliphatic heterocycles. The molecule has 0 bridgehead atoms. The zero-order valence-corrected chi connectivity index (χ0v) is 8.57. The number of halogens is 3. The molecule has 0 aliphatic rings. The molecule has 1 N–H and O–H groups in total. The summed E-state index contributed by atoms with van der Waals surface area (Å²) in [7, 11) is 0. The highest BCUT2D eigenvalue weighted by Gasteiger charge is 2.15. The summed E-state index contributed by atoms with van der Waals surface area (Å²) < 4.78 is 0. The van der Waals surface area contributed by atoms with E-state index in [2.05, 4.69) is 0 Å². The van der Waals surface area contributed by atoms with Crippen LogP contribution in [0.5, 0.6) is 0 Å². The Kier molecular flexibility index (Phi) is 3.42. The minimum atomic E-state index is -1.09. The average Bonchev–Trinajstić information content (AvgIpc) is 2.03. The number of rotatable bonds is 2. The number of carboxylic acid groups (broad SMARTS) is 1. The molecule has 0 heterocycles. The molecule has 0 aromatic heterocycles. The second-order valence-electron chi connectivity index (χ2n) is 2.34. The Hall–Kier alpha value is -0.440. The van der Waals surface area contributed by atoms with Crippen LogP contribution >= 0.6 is 34.8 Å². The van der Waals surface area contributed by atoms with Gasteiger partial charge in [-0.1, -0.05) is 17.7 Å². The lowest BCUT2D eigenvalue weighted by Gasteiger charge is -2.06. The summed E-state index contributed by atoms with van der Waals surface area (Å²) >= 11 is 16.7. The van der Waals surface area contributed by atoms with Crippen LogP contribution in [-0.4, -0.2) is 11.1 Å². The quantitative estimate of drug-likeness (QED) is 0.802. The van der Waals surface area contributed by atoms with Crippen LogP contribution in [0.15, 0.2) is 18.2 Å². The third kappa shape index (κ3) is 2.50. The third-order valence-electron chi connectivity index (χ3n) is 1.48. The van der Waals surface area contributed by atoms with Crippen LogP contribution < -0.4 is 0 Å². The van der Waals surface area contributed by atoms with Crippen molar-refractivity contribution < 1.29 is 9.90 Å². The largest absolute Gasteiger partial charge is 0.478 e. The zero-order valence-electron chi connectivity index (χ0n) is 6.30. The van der Waals surface area contributed by atoms with Crippen molar-refractivity contribution in [3.8, 4) is 0 Å². The van der Waals surface area contributed by atoms with Gasteiger partial charge in [-0.25, -0.2) is 4.79 Å². The van der Waals surface area contributed by atoms with E-state index in [0.717, 1.165) is 0 Å². The molecular formula is C8H5Cl3O2. The van der Waals surface area contributed by atoms with E-state index >= 15 is 0 Å². The van der Waals surface area contributed by atoms with E-state index in [0.29, 0.717) is 10.6 Å². The topological polar surface area (TPSA) is 37.3 Å². The summed E-state index contributed by atoms with van der Waals surface area (Å²) in [6.45, 7) is 0. The van der Waals surface area contributed by atoms with Crippen molar-refractivity contribution in [2.24, 2.45) is 0 Å². The highest BCUT2D eigenvalue weighted by Crippen LogP contribution is 2.29. The number of carbonyl (C=O) groups is 1. The van der Waals surface area contributed by atoms with Gasteiger partial charge in [-0.05, 0) is 17.7 Å². The van der Waals surface area contributed by atoms with E-state index in [1.54, 1.807) is 6.07 Å². The maximum Gasteiger partial charge on any atom is 0.336 e. The maximum absolute atomic E-state index is 10.7.